The minimum absolute atomic E-state index is 0.235. The molecule has 1 saturated heterocycles. The Morgan fingerprint density at radius 1 is 1.09 bits per heavy atom. The van der Waals surface area contributed by atoms with Gasteiger partial charge in [0, 0.05) is 32.6 Å². The van der Waals surface area contributed by atoms with Crippen molar-refractivity contribution in [3.63, 3.8) is 0 Å². The molecule has 0 unspecified atom stereocenters. The molecule has 0 aliphatic carbocycles. The molecule has 2 amide bonds. The summed E-state index contributed by atoms with van der Waals surface area (Å²) in [5.74, 6) is 0.654. The molecule has 1 rings (SSSR count). The predicted octanol–water partition coefficient (Wildman–Crippen LogP) is 3.67. The molecule has 0 atom stereocenters. The fourth-order valence-corrected chi connectivity index (χ4v) is 2.92. The standard InChI is InChI=1S/C18H34N2O3/c1-6-10-19(11-7-2)16(21)14-15-8-12-20(13-9-15)17(22)23-18(3,4)5/h15H,6-14H2,1-5H3. The maximum Gasteiger partial charge on any atom is 0.410 e. The number of likely N-dealkylation sites (tertiary alicyclic amines) is 1. The van der Waals surface area contributed by atoms with E-state index in [1.807, 2.05) is 25.7 Å². The summed E-state index contributed by atoms with van der Waals surface area (Å²) >= 11 is 0. The summed E-state index contributed by atoms with van der Waals surface area (Å²) in [7, 11) is 0. The van der Waals surface area contributed by atoms with E-state index in [9.17, 15) is 9.59 Å². The molecule has 134 valence electrons. The number of amides is 2. The maximum atomic E-state index is 12.4. The van der Waals surface area contributed by atoms with Crippen LogP contribution in [-0.2, 0) is 9.53 Å². The third kappa shape index (κ3) is 7.23. The molecule has 0 radical (unpaired) electrons. The highest BCUT2D eigenvalue weighted by atomic mass is 16.6. The van der Waals surface area contributed by atoms with Gasteiger partial charge < -0.3 is 14.5 Å². The summed E-state index contributed by atoms with van der Waals surface area (Å²) in [5, 5.41) is 0. The van der Waals surface area contributed by atoms with E-state index >= 15 is 0 Å². The second-order valence-electron chi connectivity index (χ2n) is 7.50. The lowest BCUT2D eigenvalue weighted by Gasteiger charge is -2.34. The van der Waals surface area contributed by atoms with Crippen LogP contribution < -0.4 is 0 Å². The lowest BCUT2D eigenvalue weighted by atomic mass is 9.93. The lowest BCUT2D eigenvalue weighted by Crippen LogP contribution is -2.42. The van der Waals surface area contributed by atoms with Gasteiger partial charge in [-0.15, -0.1) is 0 Å². The Morgan fingerprint density at radius 3 is 2.04 bits per heavy atom. The smallest absolute Gasteiger partial charge is 0.410 e. The number of piperidine rings is 1. The number of hydrogen-bond donors (Lipinski definition) is 0. The Bertz CT molecular complexity index is 376. The van der Waals surface area contributed by atoms with Crippen LogP contribution >= 0.6 is 0 Å². The van der Waals surface area contributed by atoms with Crippen LogP contribution in [0.1, 0.15) is 66.7 Å². The molecule has 0 aromatic rings. The van der Waals surface area contributed by atoms with Crippen LogP contribution in [0.25, 0.3) is 0 Å². The van der Waals surface area contributed by atoms with Gasteiger partial charge >= 0.3 is 6.09 Å². The molecule has 1 heterocycles. The van der Waals surface area contributed by atoms with Crippen LogP contribution in [0.15, 0.2) is 0 Å². The molecule has 0 spiro atoms. The second kappa shape index (κ2) is 9.14. The highest BCUT2D eigenvalue weighted by Gasteiger charge is 2.28. The zero-order valence-corrected chi connectivity index (χ0v) is 15.6. The van der Waals surface area contributed by atoms with Gasteiger partial charge in [-0.3, -0.25) is 4.79 Å². The number of rotatable bonds is 6. The molecule has 0 N–H and O–H groups in total. The van der Waals surface area contributed by atoms with E-state index in [2.05, 4.69) is 13.8 Å². The van der Waals surface area contributed by atoms with Crippen LogP contribution in [0.4, 0.5) is 4.79 Å². The molecule has 0 aromatic carbocycles. The van der Waals surface area contributed by atoms with Crippen molar-refractivity contribution in [3.8, 4) is 0 Å². The Morgan fingerprint density at radius 2 is 1.61 bits per heavy atom. The van der Waals surface area contributed by atoms with Gasteiger partial charge in [0.2, 0.25) is 5.91 Å². The van der Waals surface area contributed by atoms with Crippen molar-refractivity contribution in [2.24, 2.45) is 5.92 Å². The fourth-order valence-electron chi connectivity index (χ4n) is 2.92. The van der Waals surface area contributed by atoms with Crippen LogP contribution in [0.3, 0.4) is 0 Å². The van der Waals surface area contributed by atoms with Gasteiger partial charge in [-0.2, -0.15) is 0 Å². The van der Waals surface area contributed by atoms with Gasteiger partial charge in [0.25, 0.3) is 0 Å². The van der Waals surface area contributed by atoms with Crippen molar-refractivity contribution in [2.75, 3.05) is 26.2 Å². The van der Waals surface area contributed by atoms with Gasteiger partial charge in [0.15, 0.2) is 0 Å². The zero-order valence-electron chi connectivity index (χ0n) is 15.6. The first-order valence-electron chi connectivity index (χ1n) is 9.02. The molecular formula is C18H34N2O3. The number of ether oxygens (including phenoxy) is 1. The second-order valence-corrected chi connectivity index (χ2v) is 7.50. The van der Waals surface area contributed by atoms with E-state index in [-0.39, 0.29) is 12.0 Å². The highest BCUT2D eigenvalue weighted by Crippen LogP contribution is 2.23. The van der Waals surface area contributed by atoms with E-state index in [0.29, 0.717) is 25.4 Å². The SMILES string of the molecule is CCCN(CCC)C(=O)CC1CCN(C(=O)OC(C)(C)C)CC1. The van der Waals surface area contributed by atoms with Crippen molar-refractivity contribution < 1.29 is 14.3 Å². The number of carbonyl (C=O) groups excluding carboxylic acids is 2. The number of hydrogen-bond acceptors (Lipinski definition) is 3. The van der Waals surface area contributed by atoms with Crippen molar-refractivity contribution in [1.29, 1.82) is 0 Å². The molecule has 1 aliphatic rings. The van der Waals surface area contributed by atoms with Crippen LogP contribution in [-0.4, -0.2) is 53.6 Å². The zero-order chi connectivity index (χ0) is 17.5. The van der Waals surface area contributed by atoms with Gasteiger partial charge in [0.05, 0.1) is 0 Å². The topological polar surface area (TPSA) is 49.9 Å². The molecular weight excluding hydrogens is 292 g/mol. The Kier molecular flexibility index (Phi) is 7.86. The quantitative estimate of drug-likeness (QED) is 0.748. The summed E-state index contributed by atoms with van der Waals surface area (Å²) < 4.78 is 5.41. The Balaban J connectivity index is 2.41. The van der Waals surface area contributed by atoms with Gasteiger partial charge in [-0.05, 0) is 52.4 Å². The first-order valence-corrected chi connectivity index (χ1v) is 9.02. The monoisotopic (exact) mass is 326 g/mol. The van der Waals surface area contributed by atoms with Crippen LogP contribution in [0, 0.1) is 5.92 Å². The minimum atomic E-state index is -0.454. The van der Waals surface area contributed by atoms with Crippen molar-refractivity contribution in [3.05, 3.63) is 0 Å². The molecule has 0 aromatic heterocycles. The minimum Gasteiger partial charge on any atom is -0.444 e. The molecule has 1 fully saturated rings. The fraction of sp³-hybridized carbons (Fsp3) is 0.889. The Labute approximate surface area is 141 Å². The number of nitrogens with zero attached hydrogens (tertiary/aromatic N) is 2. The van der Waals surface area contributed by atoms with E-state index < -0.39 is 5.60 Å². The molecule has 23 heavy (non-hydrogen) atoms. The number of carbonyl (C=O) groups is 2. The molecule has 5 nitrogen and oxygen atoms in total. The largest absolute Gasteiger partial charge is 0.444 e. The molecule has 5 heteroatoms. The van der Waals surface area contributed by atoms with Gasteiger partial charge in [-0.1, -0.05) is 13.8 Å². The van der Waals surface area contributed by atoms with Crippen molar-refractivity contribution >= 4 is 12.0 Å². The van der Waals surface area contributed by atoms with Crippen LogP contribution in [0.2, 0.25) is 0 Å². The first-order chi connectivity index (χ1) is 10.8. The third-order valence-electron chi connectivity index (χ3n) is 4.07. The Hall–Kier alpha value is -1.26. The average Bonchev–Trinajstić information content (AvgIpc) is 2.46. The summed E-state index contributed by atoms with van der Waals surface area (Å²) in [6.07, 6.45) is 4.16. The summed E-state index contributed by atoms with van der Waals surface area (Å²) in [6, 6.07) is 0. The average molecular weight is 326 g/mol. The van der Waals surface area contributed by atoms with Crippen LogP contribution in [0.5, 0.6) is 0 Å². The van der Waals surface area contributed by atoms with E-state index in [0.717, 1.165) is 38.8 Å². The highest BCUT2D eigenvalue weighted by molar-refractivity contribution is 5.76. The predicted molar refractivity (Wildman–Crippen MR) is 92.3 cm³/mol. The first kappa shape index (κ1) is 19.8. The van der Waals surface area contributed by atoms with Crippen molar-refractivity contribution in [1.82, 2.24) is 9.80 Å². The summed E-state index contributed by atoms with van der Waals surface area (Å²) in [4.78, 5) is 28.2. The van der Waals surface area contributed by atoms with Gasteiger partial charge in [-0.25, -0.2) is 4.79 Å². The van der Waals surface area contributed by atoms with E-state index in [1.54, 1.807) is 4.90 Å². The maximum absolute atomic E-state index is 12.4. The van der Waals surface area contributed by atoms with E-state index in [1.165, 1.54) is 0 Å². The van der Waals surface area contributed by atoms with Gasteiger partial charge in [0.1, 0.15) is 5.60 Å². The molecule has 0 saturated carbocycles. The van der Waals surface area contributed by atoms with E-state index in [4.69, 9.17) is 4.74 Å². The summed E-state index contributed by atoms with van der Waals surface area (Å²) in [5.41, 5.74) is -0.454. The summed E-state index contributed by atoms with van der Waals surface area (Å²) in [6.45, 7) is 12.9. The third-order valence-corrected chi connectivity index (χ3v) is 4.07. The van der Waals surface area contributed by atoms with Crippen molar-refractivity contribution in [2.45, 2.75) is 72.3 Å². The lowest BCUT2D eigenvalue weighted by molar-refractivity contribution is -0.132. The normalized spacial score (nSPS) is 16.3. The molecule has 1 aliphatic heterocycles. The molecule has 0 bridgehead atoms.